The molecule has 2 rings (SSSR count). The van der Waals surface area contributed by atoms with Gasteiger partial charge in [-0.05, 0) is 13.5 Å². The van der Waals surface area contributed by atoms with E-state index < -0.39 is 0 Å². The number of hydrogen-bond acceptors (Lipinski definition) is 5. The number of nitrogens with zero attached hydrogens (tertiary/aromatic N) is 4. The minimum Gasteiger partial charge on any atom is -0.362 e. The van der Waals surface area contributed by atoms with Gasteiger partial charge in [-0.15, -0.1) is 0 Å². The molecular weight excluding hydrogens is 290 g/mol. The van der Waals surface area contributed by atoms with Crippen molar-refractivity contribution in [1.82, 2.24) is 14.7 Å². The minimum absolute atomic E-state index is 0.161. The minimum atomic E-state index is -0.211. The van der Waals surface area contributed by atoms with E-state index in [4.69, 9.17) is 17.3 Å². The zero-order valence-corrected chi connectivity index (χ0v) is 13.5. The number of halogens is 1. The summed E-state index contributed by atoms with van der Waals surface area (Å²) in [5, 5.41) is 4.52. The predicted octanol–water partition coefficient (Wildman–Crippen LogP) is 0.776. The van der Waals surface area contributed by atoms with Crippen LogP contribution in [0.2, 0.25) is 5.02 Å². The van der Waals surface area contributed by atoms with Crippen molar-refractivity contribution in [3.8, 4) is 0 Å². The number of nitrogens with two attached hydrogens (primary N) is 1. The fraction of sp³-hybridized carbons (Fsp3) is 0.714. The topological polar surface area (TPSA) is 67.4 Å². The molecule has 0 spiro atoms. The lowest BCUT2D eigenvalue weighted by Gasteiger charge is -2.41. The molecule has 1 saturated heterocycles. The molecule has 118 valence electrons. The number of unbranched alkanes of at least 4 members (excludes halogenated alkanes) is 1. The van der Waals surface area contributed by atoms with Crippen molar-refractivity contribution < 1.29 is 0 Å². The SMILES string of the molecule is CCCCn1ncc(N2CCN(C)CC2CN)c(Cl)c1=O. The van der Waals surface area contributed by atoms with E-state index in [1.54, 1.807) is 6.20 Å². The Labute approximate surface area is 130 Å². The molecule has 2 N–H and O–H groups in total. The third kappa shape index (κ3) is 3.56. The van der Waals surface area contributed by atoms with Crippen LogP contribution in [0.25, 0.3) is 0 Å². The van der Waals surface area contributed by atoms with Crippen LogP contribution in [0.1, 0.15) is 19.8 Å². The fourth-order valence-electron chi connectivity index (χ4n) is 2.65. The molecule has 0 bridgehead atoms. The van der Waals surface area contributed by atoms with Crippen LogP contribution in [0.5, 0.6) is 0 Å². The van der Waals surface area contributed by atoms with Crippen LogP contribution < -0.4 is 16.2 Å². The van der Waals surface area contributed by atoms with E-state index in [9.17, 15) is 4.79 Å². The Morgan fingerprint density at radius 1 is 1.48 bits per heavy atom. The van der Waals surface area contributed by atoms with Crippen LogP contribution in [0.4, 0.5) is 5.69 Å². The van der Waals surface area contributed by atoms with Crippen LogP contribution >= 0.6 is 11.6 Å². The van der Waals surface area contributed by atoms with Crippen LogP contribution in [0.3, 0.4) is 0 Å². The molecule has 2 heterocycles. The number of piperazine rings is 1. The first kappa shape index (κ1) is 16.3. The lowest BCUT2D eigenvalue weighted by atomic mass is 10.1. The van der Waals surface area contributed by atoms with Gasteiger partial charge in [0.25, 0.3) is 5.56 Å². The number of aryl methyl sites for hydroxylation is 1. The van der Waals surface area contributed by atoms with E-state index in [0.29, 0.717) is 18.8 Å². The molecule has 1 aliphatic rings. The summed E-state index contributed by atoms with van der Waals surface area (Å²) < 4.78 is 1.45. The highest BCUT2D eigenvalue weighted by Gasteiger charge is 2.27. The standard InChI is InChI=1S/C14H24ClN5O/c1-3-4-5-20-14(21)13(15)12(9-17-20)19-7-6-18(2)10-11(19)8-16/h9,11H,3-8,10,16H2,1-2H3. The highest BCUT2D eigenvalue weighted by atomic mass is 35.5. The molecule has 1 unspecified atom stereocenters. The second kappa shape index (κ2) is 7.24. The Balaban J connectivity index is 2.27. The van der Waals surface area contributed by atoms with E-state index in [1.807, 2.05) is 0 Å². The zero-order chi connectivity index (χ0) is 15.4. The molecule has 1 fully saturated rings. The number of hydrogen-bond donors (Lipinski definition) is 1. The maximum Gasteiger partial charge on any atom is 0.287 e. The molecule has 1 aromatic rings. The summed E-state index contributed by atoms with van der Waals surface area (Å²) in [5.74, 6) is 0. The van der Waals surface area contributed by atoms with Crippen molar-refractivity contribution >= 4 is 17.3 Å². The van der Waals surface area contributed by atoms with Crippen molar-refractivity contribution in [2.24, 2.45) is 5.73 Å². The number of anilines is 1. The second-order valence-corrected chi connectivity index (χ2v) is 5.95. The van der Waals surface area contributed by atoms with Gasteiger partial charge in [-0.3, -0.25) is 4.79 Å². The third-order valence-corrected chi connectivity index (χ3v) is 4.31. The van der Waals surface area contributed by atoms with E-state index in [2.05, 4.69) is 28.9 Å². The van der Waals surface area contributed by atoms with Crippen molar-refractivity contribution in [3.63, 3.8) is 0 Å². The summed E-state index contributed by atoms with van der Waals surface area (Å²) >= 11 is 6.30. The van der Waals surface area contributed by atoms with Gasteiger partial charge in [-0.2, -0.15) is 5.10 Å². The van der Waals surface area contributed by atoms with Gasteiger partial charge in [0.05, 0.1) is 17.9 Å². The fourth-order valence-corrected chi connectivity index (χ4v) is 2.91. The van der Waals surface area contributed by atoms with E-state index >= 15 is 0 Å². The molecule has 0 saturated carbocycles. The van der Waals surface area contributed by atoms with Crippen LogP contribution in [0.15, 0.2) is 11.0 Å². The quantitative estimate of drug-likeness (QED) is 0.870. The van der Waals surface area contributed by atoms with Crippen molar-refractivity contribution in [3.05, 3.63) is 21.6 Å². The first-order valence-electron chi connectivity index (χ1n) is 7.49. The molecule has 0 amide bonds. The Hall–Kier alpha value is -1.11. The Morgan fingerprint density at radius 3 is 2.90 bits per heavy atom. The van der Waals surface area contributed by atoms with E-state index in [-0.39, 0.29) is 16.6 Å². The number of likely N-dealkylation sites (N-methyl/N-ethyl adjacent to an activating group) is 1. The first-order valence-corrected chi connectivity index (χ1v) is 7.87. The molecule has 0 aromatic carbocycles. The van der Waals surface area contributed by atoms with Gasteiger partial charge < -0.3 is 15.5 Å². The lowest BCUT2D eigenvalue weighted by Crippen LogP contribution is -2.55. The van der Waals surface area contributed by atoms with Crippen LogP contribution in [0, 0.1) is 0 Å². The predicted molar refractivity (Wildman–Crippen MR) is 86.1 cm³/mol. The van der Waals surface area contributed by atoms with Gasteiger partial charge in [0.2, 0.25) is 0 Å². The molecule has 0 aliphatic carbocycles. The summed E-state index contributed by atoms with van der Waals surface area (Å²) in [6.07, 6.45) is 3.64. The molecule has 0 radical (unpaired) electrons. The van der Waals surface area contributed by atoms with Crippen molar-refractivity contribution in [2.75, 3.05) is 38.1 Å². The molecule has 1 atom stereocenters. The Kier molecular flexibility index (Phi) is 5.61. The smallest absolute Gasteiger partial charge is 0.287 e. The molecule has 21 heavy (non-hydrogen) atoms. The highest BCUT2D eigenvalue weighted by molar-refractivity contribution is 6.33. The average molecular weight is 314 g/mol. The lowest BCUT2D eigenvalue weighted by molar-refractivity contribution is 0.269. The molecular formula is C14H24ClN5O. The summed E-state index contributed by atoms with van der Waals surface area (Å²) in [4.78, 5) is 16.6. The molecule has 7 heteroatoms. The maximum absolute atomic E-state index is 12.3. The summed E-state index contributed by atoms with van der Waals surface area (Å²) in [5.41, 5.74) is 6.36. The van der Waals surface area contributed by atoms with Gasteiger partial charge in [0.1, 0.15) is 5.02 Å². The monoisotopic (exact) mass is 313 g/mol. The summed E-state index contributed by atoms with van der Waals surface area (Å²) in [6.45, 7) is 5.81. The Morgan fingerprint density at radius 2 is 2.24 bits per heavy atom. The largest absolute Gasteiger partial charge is 0.362 e. The van der Waals surface area contributed by atoms with Crippen LogP contribution in [-0.2, 0) is 6.54 Å². The first-order chi connectivity index (χ1) is 10.1. The maximum atomic E-state index is 12.3. The van der Waals surface area contributed by atoms with Gasteiger partial charge >= 0.3 is 0 Å². The summed E-state index contributed by atoms with van der Waals surface area (Å²) in [7, 11) is 2.07. The number of aromatic nitrogens is 2. The van der Waals surface area contributed by atoms with Gasteiger partial charge in [0.15, 0.2) is 0 Å². The van der Waals surface area contributed by atoms with Gasteiger partial charge in [-0.25, -0.2) is 4.68 Å². The second-order valence-electron chi connectivity index (χ2n) is 5.57. The molecule has 6 nitrogen and oxygen atoms in total. The number of rotatable bonds is 5. The van der Waals surface area contributed by atoms with Gasteiger partial charge in [-0.1, -0.05) is 24.9 Å². The zero-order valence-electron chi connectivity index (χ0n) is 12.8. The van der Waals surface area contributed by atoms with E-state index in [0.717, 1.165) is 32.5 Å². The van der Waals surface area contributed by atoms with Crippen molar-refractivity contribution in [1.29, 1.82) is 0 Å². The van der Waals surface area contributed by atoms with Crippen LogP contribution in [-0.4, -0.2) is 53.9 Å². The third-order valence-electron chi connectivity index (χ3n) is 3.96. The normalized spacial score (nSPS) is 20.0. The van der Waals surface area contributed by atoms with Crippen molar-refractivity contribution in [2.45, 2.75) is 32.4 Å². The molecule has 1 aromatic heterocycles. The average Bonchev–Trinajstić information content (AvgIpc) is 2.49. The van der Waals surface area contributed by atoms with E-state index in [1.165, 1.54) is 4.68 Å². The highest BCUT2D eigenvalue weighted by Crippen LogP contribution is 2.24. The van der Waals surface area contributed by atoms with Gasteiger partial charge in [0, 0.05) is 32.7 Å². The Bertz CT molecular complexity index is 533. The summed E-state index contributed by atoms with van der Waals surface area (Å²) in [6, 6.07) is 0.161. The molecule has 1 aliphatic heterocycles.